The van der Waals surface area contributed by atoms with E-state index in [2.05, 4.69) is 31.2 Å². The van der Waals surface area contributed by atoms with Gasteiger partial charge in [-0.3, -0.25) is 9.59 Å². The molecule has 4 N–H and O–H groups in total. The van der Waals surface area contributed by atoms with Crippen molar-refractivity contribution in [2.24, 2.45) is 0 Å². The molecule has 0 fully saturated rings. The van der Waals surface area contributed by atoms with E-state index in [-0.39, 0.29) is 36.4 Å². The van der Waals surface area contributed by atoms with Gasteiger partial charge in [0, 0.05) is 22.1 Å². The molecule has 0 bridgehead atoms. The number of nitrogens with one attached hydrogen (secondary N) is 4. The molecule has 0 radical (unpaired) electrons. The van der Waals surface area contributed by atoms with Crippen molar-refractivity contribution >= 4 is 69.5 Å². The maximum absolute atomic E-state index is 14.5. The van der Waals surface area contributed by atoms with E-state index in [0.29, 0.717) is 45.9 Å². The Kier molecular flexibility index (Phi) is 6.94. The molecular weight excluding hydrogens is 511 g/mol. The standard InChI is InChI=1S/C26H19FN6O6/c27-18-13-30-26(32-17-2-4-20-15(10-17)12-22(39-20)25(37)29-6-8-35)33-23(18)31-16-1-3-19-14(9-16)11-21(38-19)24(36)28-5-7-34/h1-4,7-13H,5-6H2,(H,28,36)(H,29,37)(H2,30,31,32,33). The van der Waals surface area contributed by atoms with Gasteiger partial charge in [-0.1, -0.05) is 0 Å². The fourth-order valence-corrected chi connectivity index (χ4v) is 3.69. The first-order chi connectivity index (χ1) is 18.9. The van der Waals surface area contributed by atoms with Crippen molar-refractivity contribution in [1.82, 2.24) is 20.6 Å². The minimum absolute atomic E-state index is 0.0343. The van der Waals surface area contributed by atoms with E-state index in [1.54, 1.807) is 36.4 Å². The third-order valence-electron chi connectivity index (χ3n) is 5.44. The quantitative estimate of drug-likeness (QED) is 0.196. The zero-order valence-electron chi connectivity index (χ0n) is 20.0. The molecule has 3 heterocycles. The molecule has 0 saturated carbocycles. The van der Waals surface area contributed by atoms with Crippen LogP contribution in [-0.2, 0) is 9.59 Å². The highest BCUT2D eigenvalue weighted by Gasteiger charge is 2.15. The Balaban J connectivity index is 1.32. The third kappa shape index (κ3) is 5.56. The maximum Gasteiger partial charge on any atom is 0.287 e. The molecule has 0 saturated heterocycles. The van der Waals surface area contributed by atoms with Crippen molar-refractivity contribution in [3.8, 4) is 0 Å². The number of hydrogen-bond acceptors (Lipinski definition) is 10. The van der Waals surface area contributed by atoms with Crippen LogP contribution in [-0.4, -0.2) is 47.4 Å². The highest BCUT2D eigenvalue weighted by atomic mass is 19.1. The zero-order valence-corrected chi connectivity index (χ0v) is 20.0. The molecular formula is C26H19FN6O6. The first-order valence-electron chi connectivity index (χ1n) is 11.5. The molecule has 0 unspecified atom stereocenters. The summed E-state index contributed by atoms with van der Waals surface area (Å²) in [7, 11) is 0. The minimum Gasteiger partial charge on any atom is -0.451 e. The molecule has 2 aromatic carbocycles. The Hall–Kier alpha value is -5.59. The summed E-state index contributed by atoms with van der Waals surface area (Å²) in [6.07, 6.45) is 2.14. The number of carbonyl (C=O) groups excluding carboxylic acids is 4. The van der Waals surface area contributed by atoms with Crippen molar-refractivity contribution < 1.29 is 32.4 Å². The molecule has 3 aromatic heterocycles. The number of benzene rings is 2. The smallest absolute Gasteiger partial charge is 0.287 e. The van der Waals surface area contributed by atoms with Crippen LogP contribution in [0.25, 0.3) is 21.9 Å². The van der Waals surface area contributed by atoms with E-state index < -0.39 is 17.6 Å². The second kappa shape index (κ2) is 10.8. The van der Waals surface area contributed by atoms with Crippen molar-refractivity contribution in [3.63, 3.8) is 0 Å². The second-order valence-corrected chi connectivity index (χ2v) is 8.12. The van der Waals surface area contributed by atoms with Crippen molar-refractivity contribution in [2.75, 3.05) is 23.7 Å². The number of anilines is 4. The van der Waals surface area contributed by atoms with Gasteiger partial charge in [-0.2, -0.15) is 4.98 Å². The first kappa shape index (κ1) is 25.1. The number of nitrogens with zero attached hydrogens (tertiary/aromatic N) is 2. The number of amides is 2. The lowest BCUT2D eigenvalue weighted by Gasteiger charge is -2.09. The van der Waals surface area contributed by atoms with Crippen LogP contribution in [0.3, 0.4) is 0 Å². The molecule has 0 aliphatic heterocycles. The van der Waals surface area contributed by atoms with Gasteiger partial charge in [0.1, 0.15) is 23.7 Å². The van der Waals surface area contributed by atoms with Gasteiger partial charge in [0.05, 0.1) is 19.3 Å². The van der Waals surface area contributed by atoms with E-state index in [0.717, 1.165) is 6.20 Å². The lowest BCUT2D eigenvalue weighted by Crippen LogP contribution is -2.24. The Morgan fingerprint density at radius 3 is 1.87 bits per heavy atom. The van der Waals surface area contributed by atoms with E-state index >= 15 is 0 Å². The van der Waals surface area contributed by atoms with Gasteiger partial charge in [-0.05, 0) is 48.5 Å². The maximum atomic E-state index is 14.5. The molecule has 12 nitrogen and oxygen atoms in total. The number of hydrogen-bond donors (Lipinski definition) is 4. The van der Waals surface area contributed by atoms with Crippen LogP contribution >= 0.6 is 0 Å². The van der Waals surface area contributed by atoms with Gasteiger partial charge in [0.2, 0.25) is 5.95 Å². The van der Waals surface area contributed by atoms with Crippen molar-refractivity contribution in [1.29, 1.82) is 0 Å². The highest BCUT2D eigenvalue weighted by molar-refractivity contribution is 5.98. The fraction of sp³-hybridized carbons (Fsp3) is 0.0769. The predicted octanol–water partition coefficient (Wildman–Crippen LogP) is 3.45. The number of halogens is 1. The SMILES string of the molecule is O=CCNC(=O)c1cc2cc(Nc3ncc(F)c(Nc4ccc5oc(C(=O)NCC=O)cc5c4)n3)ccc2o1. The van der Waals surface area contributed by atoms with E-state index in [4.69, 9.17) is 8.83 Å². The topological polar surface area (TPSA) is 168 Å². The second-order valence-electron chi connectivity index (χ2n) is 8.12. The summed E-state index contributed by atoms with van der Waals surface area (Å²) in [5.41, 5.74) is 1.92. The summed E-state index contributed by atoms with van der Waals surface area (Å²) in [6.45, 7) is -0.264. The van der Waals surface area contributed by atoms with Crippen LogP contribution in [0.15, 0.2) is 63.6 Å². The Labute approximate surface area is 218 Å². The van der Waals surface area contributed by atoms with Crippen LogP contribution in [0.1, 0.15) is 21.1 Å². The van der Waals surface area contributed by atoms with E-state index in [1.165, 1.54) is 12.1 Å². The first-order valence-corrected chi connectivity index (χ1v) is 11.5. The van der Waals surface area contributed by atoms with Gasteiger partial charge in [0.25, 0.3) is 11.8 Å². The monoisotopic (exact) mass is 530 g/mol. The zero-order chi connectivity index (χ0) is 27.4. The molecule has 2 amide bonds. The largest absolute Gasteiger partial charge is 0.451 e. The summed E-state index contributed by atoms with van der Waals surface area (Å²) in [6, 6.07) is 12.9. The minimum atomic E-state index is -0.696. The van der Waals surface area contributed by atoms with Crippen LogP contribution in [0, 0.1) is 5.82 Å². The number of aromatic nitrogens is 2. The van der Waals surface area contributed by atoms with Gasteiger partial charge in [-0.15, -0.1) is 0 Å². The Morgan fingerprint density at radius 2 is 1.33 bits per heavy atom. The van der Waals surface area contributed by atoms with Crippen molar-refractivity contribution in [3.05, 3.63) is 72.1 Å². The number of rotatable bonds is 10. The summed E-state index contributed by atoms with van der Waals surface area (Å²) in [5, 5.41) is 11.9. The molecule has 0 spiro atoms. The third-order valence-corrected chi connectivity index (χ3v) is 5.44. The summed E-state index contributed by atoms with van der Waals surface area (Å²) < 4.78 is 25.5. The average molecular weight is 530 g/mol. The summed E-state index contributed by atoms with van der Waals surface area (Å²) >= 11 is 0. The molecule has 0 atom stereocenters. The molecule has 5 aromatic rings. The average Bonchev–Trinajstić information content (AvgIpc) is 3.56. The fourth-order valence-electron chi connectivity index (χ4n) is 3.69. The van der Waals surface area contributed by atoms with Crippen LogP contribution < -0.4 is 21.3 Å². The Bertz CT molecular complexity index is 1730. The number of furan rings is 2. The summed E-state index contributed by atoms with van der Waals surface area (Å²) in [4.78, 5) is 53.2. The summed E-state index contributed by atoms with van der Waals surface area (Å²) in [5.74, 6) is -1.66. The number of carbonyl (C=O) groups is 4. The molecule has 0 aliphatic carbocycles. The lowest BCUT2D eigenvalue weighted by atomic mass is 10.2. The van der Waals surface area contributed by atoms with E-state index in [1.807, 2.05) is 0 Å². The molecule has 39 heavy (non-hydrogen) atoms. The lowest BCUT2D eigenvalue weighted by molar-refractivity contribution is -0.107. The molecule has 196 valence electrons. The van der Waals surface area contributed by atoms with Crippen LogP contribution in [0.2, 0.25) is 0 Å². The van der Waals surface area contributed by atoms with Gasteiger partial charge >= 0.3 is 0 Å². The Morgan fingerprint density at radius 1 is 0.795 bits per heavy atom. The van der Waals surface area contributed by atoms with Gasteiger partial charge < -0.3 is 39.7 Å². The predicted molar refractivity (Wildman–Crippen MR) is 138 cm³/mol. The number of fused-ring (bicyclic) bond motifs is 2. The van der Waals surface area contributed by atoms with Gasteiger partial charge in [-0.25, -0.2) is 9.37 Å². The normalized spacial score (nSPS) is 10.8. The van der Waals surface area contributed by atoms with Crippen LogP contribution in [0.5, 0.6) is 0 Å². The number of aldehydes is 2. The van der Waals surface area contributed by atoms with Crippen LogP contribution in [0.4, 0.5) is 27.5 Å². The molecule has 5 rings (SSSR count). The molecule has 0 aliphatic rings. The molecule has 13 heteroatoms. The van der Waals surface area contributed by atoms with Gasteiger partial charge in [0.15, 0.2) is 23.2 Å². The van der Waals surface area contributed by atoms with E-state index in [9.17, 15) is 23.6 Å². The highest BCUT2D eigenvalue weighted by Crippen LogP contribution is 2.27. The van der Waals surface area contributed by atoms with Crippen molar-refractivity contribution in [2.45, 2.75) is 0 Å².